The van der Waals surface area contributed by atoms with E-state index < -0.39 is 52.7 Å². The minimum Gasteiger partial charge on any atom is -0.390 e. The summed E-state index contributed by atoms with van der Waals surface area (Å²) in [6, 6.07) is 7.00. The predicted octanol–water partition coefficient (Wildman–Crippen LogP) is 2.91. The van der Waals surface area contributed by atoms with Gasteiger partial charge in [-0.1, -0.05) is 0 Å². The van der Waals surface area contributed by atoms with Gasteiger partial charge >= 0.3 is 6.18 Å². The van der Waals surface area contributed by atoms with E-state index in [-0.39, 0.29) is 24.1 Å². The SMILES string of the molecule is N#Cc1cc(NC(=O)C23CC2(c2ccnc(F)c2)C2OC3CC2O)cc(C(F)(F)F)c1. The summed E-state index contributed by atoms with van der Waals surface area (Å²) >= 11 is 0. The van der Waals surface area contributed by atoms with Gasteiger partial charge in [0, 0.05) is 23.7 Å². The molecular formula is C21H15F4N3O3. The third-order valence-corrected chi connectivity index (χ3v) is 6.67. The number of hydrogen-bond acceptors (Lipinski definition) is 5. The quantitative estimate of drug-likeness (QED) is 0.573. The largest absolute Gasteiger partial charge is 0.416 e. The van der Waals surface area contributed by atoms with Crippen LogP contribution in [-0.4, -0.2) is 34.3 Å². The number of benzene rings is 1. The number of nitriles is 1. The molecule has 2 aromatic rings. The van der Waals surface area contributed by atoms with E-state index >= 15 is 0 Å². The monoisotopic (exact) mass is 433 g/mol. The Labute approximate surface area is 173 Å². The number of aromatic nitrogens is 1. The first-order valence-corrected chi connectivity index (χ1v) is 9.51. The number of carbonyl (C=O) groups is 1. The zero-order valence-electron chi connectivity index (χ0n) is 15.8. The Kier molecular flexibility index (Phi) is 4.01. The second-order valence-corrected chi connectivity index (χ2v) is 8.20. The van der Waals surface area contributed by atoms with Crippen molar-refractivity contribution in [1.29, 1.82) is 5.26 Å². The summed E-state index contributed by atoms with van der Waals surface area (Å²) in [6.07, 6.45) is -5.23. The van der Waals surface area contributed by atoms with Gasteiger partial charge in [0.1, 0.15) is 0 Å². The molecule has 1 aromatic carbocycles. The molecule has 1 amide bonds. The van der Waals surface area contributed by atoms with Crippen molar-refractivity contribution >= 4 is 11.6 Å². The number of halogens is 4. The van der Waals surface area contributed by atoms with Gasteiger partial charge in [-0.3, -0.25) is 4.79 Å². The molecule has 2 bridgehead atoms. The highest BCUT2D eigenvalue weighted by atomic mass is 19.4. The molecule has 5 rings (SSSR count). The molecule has 3 fully saturated rings. The number of anilines is 1. The van der Waals surface area contributed by atoms with E-state index in [4.69, 9.17) is 10.00 Å². The second kappa shape index (κ2) is 6.24. The van der Waals surface area contributed by atoms with E-state index in [9.17, 15) is 27.5 Å². The second-order valence-electron chi connectivity index (χ2n) is 8.20. The molecule has 1 saturated carbocycles. The number of fused-ring (bicyclic) bond motifs is 5. The van der Waals surface area contributed by atoms with Crippen LogP contribution in [0.1, 0.15) is 29.5 Å². The molecular weight excluding hydrogens is 418 g/mol. The van der Waals surface area contributed by atoms with Crippen LogP contribution in [0.4, 0.5) is 23.2 Å². The maximum atomic E-state index is 13.8. The predicted molar refractivity (Wildman–Crippen MR) is 97.0 cm³/mol. The Bertz CT molecular complexity index is 1150. The molecule has 1 aliphatic carbocycles. The van der Waals surface area contributed by atoms with Crippen LogP contribution in [0.3, 0.4) is 0 Å². The summed E-state index contributed by atoms with van der Waals surface area (Å²) in [5, 5.41) is 21.9. The van der Waals surface area contributed by atoms with E-state index in [2.05, 4.69) is 10.3 Å². The minimum absolute atomic E-state index is 0.171. The Balaban J connectivity index is 1.53. The van der Waals surface area contributed by atoms with Gasteiger partial charge in [-0.05, 0) is 42.3 Å². The van der Waals surface area contributed by atoms with Crippen LogP contribution in [0.2, 0.25) is 0 Å². The van der Waals surface area contributed by atoms with Crippen LogP contribution in [-0.2, 0) is 21.1 Å². The highest BCUT2D eigenvalue weighted by molar-refractivity contribution is 6.01. The summed E-state index contributed by atoms with van der Waals surface area (Å²) in [7, 11) is 0. The molecule has 6 nitrogen and oxygen atoms in total. The van der Waals surface area contributed by atoms with E-state index in [1.165, 1.54) is 12.3 Å². The molecule has 160 valence electrons. The van der Waals surface area contributed by atoms with Crippen molar-refractivity contribution in [2.45, 2.75) is 42.7 Å². The summed E-state index contributed by atoms with van der Waals surface area (Å²) in [4.78, 5) is 16.9. The third kappa shape index (κ3) is 2.63. The van der Waals surface area contributed by atoms with E-state index in [0.717, 1.165) is 12.1 Å². The number of aliphatic hydroxyl groups is 1. The van der Waals surface area contributed by atoms with Crippen LogP contribution >= 0.6 is 0 Å². The highest BCUT2D eigenvalue weighted by Gasteiger charge is 2.87. The van der Waals surface area contributed by atoms with Crippen molar-refractivity contribution in [2.24, 2.45) is 5.41 Å². The molecule has 5 atom stereocenters. The van der Waals surface area contributed by atoms with Gasteiger partial charge in [0.15, 0.2) is 0 Å². The lowest BCUT2D eigenvalue weighted by Crippen LogP contribution is -2.44. The molecule has 5 unspecified atom stereocenters. The maximum absolute atomic E-state index is 13.8. The average molecular weight is 433 g/mol. The van der Waals surface area contributed by atoms with E-state index in [1.807, 2.05) is 0 Å². The average Bonchev–Trinajstić information content (AvgIpc) is 3.20. The van der Waals surface area contributed by atoms with Crippen molar-refractivity contribution in [3.05, 3.63) is 59.2 Å². The minimum atomic E-state index is -4.69. The fraction of sp³-hybridized carbons (Fsp3) is 0.381. The maximum Gasteiger partial charge on any atom is 0.416 e. The van der Waals surface area contributed by atoms with Crippen molar-refractivity contribution in [3.63, 3.8) is 0 Å². The van der Waals surface area contributed by atoms with Crippen LogP contribution in [0.5, 0.6) is 0 Å². The lowest BCUT2D eigenvalue weighted by molar-refractivity contribution is -0.137. The van der Waals surface area contributed by atoms with Gasteiger partial charge in [-0.15, -0.1) is 0 Å². The van der Waals surface area contributed by atoms with E-state index in [1.54, 1.807) is 12.1 Å². The lowest BCUT2D eigenvalue weighted by Gasteiger charge is -2.29. The van der Waals surface area contributed by atoms with Crippen LogP contribution in [0.25, 0.3) is 0 Å². The number of hydrogen-bond donors (Lipinski definition) is 2. The molecule has 1 aromatic heterocycles. The number of nitrogens with zero attached hydrogens (tertiary/aromatic N) is 2. The zero-order valence-corrected chi connectivity index (χ0v) is 15.8. The number of carbonyl (C=O) groups excluding carboxylic acids is 1. The number of amides is 1. The van der Waals surface area contributed by atoms with Gasteiger partial charge in [-0.25, -0.2) is 4.98 Å². The molecule has 2 saturated heterocycles. The highest BCUT2D eigenvalue weighted by Crippen LogP contribution is 2.77. The van der Waals surface area contributed by atoms with Gasteiger partial charge < -0.3 is 15.2 Å². The Morgan fingerprint density at radius 2 is 2.10 bits per heavy atom. The zero-order chi connectivity index (χ0) is 22.2. The molecule has 0 radical (unpaired) electrons. The molecule has 2 aliphatic heterocycles. The van der Waals surface area contributed by atoms with Crippen molar-refractivity contribution < 1.29 is 32.2 Å². The first kappa shape index (κ1) is 19.9. The fourth-order valence-electron chi connectivity index (χ4n) is 5.38. The van der Waals surface area contributed by atoms with Crippen LogP contribution < -0.4 is 5.32 Å². The fourth-order valence-corrected chi connectivity index (χ4v) is 5.38. The summed E-state index contributed by atoms with van der Waals surface area (Å²) in [6.45, 7) is 0. The van der Waals surface area contributed by atoms with Crippen molar-refractivity contribution in [1.82, 2.24) is 4.98 Å². The molecule has 31 heavy (non-hydrogen) atoms. The molecule has 3 heterocycles. The topological polar surface area (TPSA) is 95.2 Å². The molecule has 2 N–H and O–H groups in total. The van der Waals surface area contributed by atoms with Crippen molar-refractivity contribution in [3.8, 4) is 6.07 Å². The Morgan fingerprint density at radius 1 is 1.32 bits per heavy atom. The van der Waals surface area contributed by atoms with Gasteiger partial charge in [-0.2, -0.15) is 22.8 Å². The molecule has 3 aliphatic rings. The van der Waals surface area contributed by atoms with Crippen LogP contribution in [0, 0.1) is 22.7 Å². The number of pyridine rings is 1. The Hall–Kier alpha value is -3.03. The smallest absolute Gasteiger partial charge is 0.390 e. The first-order valence-electron chi connectivity index (χ1n) is 9.51. The van der Waals surface area contributed by atoms with Gasteiger partial charge in [0.2, 0.25) is 11.9 Å². The number of aliphatic hydroxyl groups excluding tert-OH is 1. The normalized spacial score (nSPS) is 33.0. The van der Waals surface area contributed by atoms with Gasteiger partial charge in [0.05, 0.1) is 40.9 Å². The summed E-state index contributed by atoms with van der Waals surface area (Å²) in [5.74, 6) is -1.34. The van der Waals surface area contributed by atoms with Crippen LogP contribution in [0.15, 0.2) is 36.5 Å². The number of alkyl halides is 3. The van der Waals surface area contributed by atoms with Gasteiger partial charge in [0.25, 0.3) is 0 Å². The van der Waals surface area contributed by atoms with Crippen molar-refractivity contribution in [2.75, 3.05) is 5.32 Å². The lowest BCUT2D eigenvalue weighted by atomic mass is 9.74. The van der Waals surface area contributed by atoms with E-state index in [0.29, 0.717) is 11.6 Å². The molecule has 0 spiro atoms. The number of nitrogens with one attached hydrogen (secondary N) is 1. The number of rotatable bonds is 3. The Morgan fingerprint density at radius 3 is 2.77 bits per heavy atom. The standard InChI is InChI=1S/C21H15F4N3O3/c22-16-6-11(1-2-27-16)19-9-20(19,15-7-14(29)17(19)31-15)18(30)28-13-4-10(8-26)3-12(5-13)21(23,24)25/h1-6,14-15,17,29H,7,9H2,(H,28,30). The molecule has 10 heteroatoms. The number of ether oxygens (including phenoxy) is 1. The first-order chi connectivity index (χ1) is 14.6. The summed E-state index contributed by atoms with van der Waals surface area (Å²) < 4.78 is 59.2. The summed E-state index contributed by atoms with van der Waals surface area (Å²) in [5.41, 5.74) is -3.19. The third-order valence-electron chi connectivity index (χ3n) is 6.67.